The van der Waals surface area contributed by atoms with Gasteiger partial charge in [0.05, 0.1) is 25.8 Å². The van der Waals surface area contributed by atoms with E-state index < -0.39 is 11.7 Å². The fraction of sp³-hybridized carbons (Fsp3) is 0.556. The summed E-state index contributed by atoms with van der Waals surface area (Å²) in [5.41, 5.74) is 5.05. The van der Waals surface area contributed by atoms with Gasteiger partial charge in [-0.3, -0.25) is 0 Å². The lowest BCUT2D eigenvalue weighted by molar-refractivity contribution is -0.138. The van der Waals surface area contributed by atoms with Crippen molar-refractivity contribution < 1.29 is 27.4 Å². The van der Waals surface area contributed by atoms with Gasteiger partial charge in [0.1, 0.15) is 5.75 Å². The van der Waals surface area contributed by atoms with Crippen molar-refractivity contribution in [2.24, 2.45) is 10.7 Å². The smallest absolute Gasteiger partial charge is 0.416 e. The summed E-state index contributed by atoms with van der Waals surface area (Å²) in [7, 11) is 1.31. The summed E-state index contributed by atoms with van der Waals surface area (Å²) in [5, 5.41) is 3.00. The van der Waals surface area contributed by atoms with E-state index >= 15 is 0 Å². The first kappa shape index (κ1) is 21.6. The lowest BCUT2D eigenvalue weighted by atomic mass is 10.1. The molecule has 1 amide bonds. The number of hydrogen-bond donors (Lipinski definition) is 2. The molecule has 1 fully saturated rings. The Bertz CT molecular complexity index is 702. The first-order chi connectivity index (χ1) is 13.2. The highest BCUT2D eigenvalue weighted by atomic mass is 19.4. The van der Waals surface area contributed by atoms with Crippen molar-refractivity contribution in [3.8, 4) is 5.75 Å². The molecule has 10 heteroatoms. The van der Waals surface area contributed by atoms with Crippen LogP contribution in [0.4, 0.5) is 18.0 Å². The normalized spacial score (nSPS) is 16.0. The Balaban J connectivity index is 1.94. The van der Waals surface area contributed by atoms with Crippen LogP contribution in [0.15, 0.2) is 23.2 Å². The summed E-state index contributed by atoms with van der Waals surface area (Å²) in [4.78, 5) is 17.3. The van der Waals surface area contributed by atoms with Crippen molar-refractivity contribution >= 4 is 12.1 Å². The average molecular weight is 402 g/mol. The van der Waals surface area contributed by atoms with Crippen molar-refractivity contribution in [3.63, 3.8) is 0 Å². The fourth-order valence-corrected chi connectivity index (χ4v) is 2.93. The zero-order valence-corrected chi connectivity index (χ0v) is 15.9. The van der Waals surface area contributed by atoms with Gasteiger partial charge in [0.2, 0.25) is 0 Å². The second-order valence-electron chi connectivity index (χ2n) is 6.33. The summed E-state index contributed by atoms with van der Waals surface area (Å²) in [6.45, 7) is 2.89. The monoisotopic (exact) mass is 402 g/mol. The Morgan fingerprint density at radius 1 is 1.36 bits per heavy atom. The maximum Gasteiger partial charge on any atom is 0.416 e. The molecule has 28 heavy (non-hydrogen) atoms. The van der Waals surface area contributed by atoms with Gasteiger partial charge >= 0.3 is 12.3 Å². The van der Waals surface area contributed by atoms with E-state index in [0.717, 1.165) is 6.07 Å². The third-order valence-electron chi connectivity index (χ3n) is 4.42. The first-order valence-corrected chi connectivity index (χ1v) is 8.96. The number of nitrogens with one attached hydrogen (secondary N) is 1. The second-order valence-corrected chi connectivity index (χ2v) is 6.33. The van der Waals surface area contributed by atoms with E-state index in [9.17, 15) is 18.0 Å². The zero-order chi connectivity index (χ0) is 20.7. The first-order valence-electron chi connectivity index (χ1n) is 8.96. The number of rotatable bonds is 5. The molecule has 7 nitrogen and oxygen atoms in total. The molecular weight excluding hydrogens is 377 g/mol. The van der Waals surface area contributed by atoms with Crippen molar-refractivity contribution in [1.82, 2.24) is 10.2 Å². The van der Waals surface area contributed by atoms with Crippen LogP contribution in [0.5, 0.6) is 5.75 Å². The topological polar surface area (TPSA) is 89.2 Å². The number of methoxy groups -OCH3 is 1. The molecule has 1 aromatic rings. The standard InChI is InChI=1S/C18H25F3N4O3/c1-3-28-17(26)25-8-6-13(7-9-25)24-16(22)23-11-12-4-5-14(27-2)10-15(12)18(19,20)21/h4-5,10,13H,3,6-9,11H2,1-2H3,(H3,22,23,24). The fourth-order valence-electron chi connectivity index (χ4n) is 2.93. The Hall–Kier alpha value is -2.65. The van der Waals surface area contributed by atoms with Crippen LogP contribution < -0.4 is 15.8 Å². The summed E-state index contributed by atoms with van der Waals surface area (Å²) < 4.78 is 49.5. The van der Waals surface area contributed by atoms with E-state index in [2.05, 4.69) is 10.3 Å². The van der Waals surface area contributed by atoms with Gasteiger partial charge < -0.3 is 25.4 Å². The minimum atomic E-state index is -4.51. The van der Waals surface area contributed by atoms with Gasteiger partial charge in [-0.15, -0.1) is 0 Å². The van der Waals surface area contributed by atoms with E-state index in [1.165, 1.54) is 19.2 Å². The molecule has 1 aliphatic rings. The number of guanidine groups is 1. The third-order valence-corrected chi connectivity index (χ3v) is 4.42. The summed E-state index contributed by atoms with van der Waals surface area (Å²) in [6.07, 6.45) is -3.57. The second kappa shape index (κ2) is 9.52. The van der Waals surface area contributed by atoms with Gasteiger partial charge in [-0.05, 0) is 37.5 Å². The van der Waals surface area contributed by atoms with Crippen LogP contribution in [0.1, 0.15) is 30.9 Å². The molecule has 0 radical (unpaired) electrons. The number of likely N-dealkylation sites (tertiary alicyclic amines) is 1. The van der Waals surface area contributed by atoms with E-state index in [1.807, 2.05) is 0 Å². The molecule has 2 rings (SSSR count). The van der Waals surface area contributed by atoms with Crippen molar-refractivity contribution in [3.05, 3.63) is 29.3 Å². The highest BCUT2D eigenvalue weighted by molar-refractivity contribution is 5.78. The largest absolute Gasteiger partial charge is 0.497 e. The van der Waals surface area contributed by atoms with Gasteiger partial charge in [-0.1, -0.05) is 6.07 Å². The van der Waals surface area contributed by atoms with Gasteiger partial charge in [-0.2, -0.15) is 13.2 Å². The number of halogens is 3. The molecule has 1 saturated heterocycles. The van der Waals surface area contributed by atoms with Crippen LogP contribution in [-0.4, -0.2) is 49.8 Å². The average Bonchev–Trinajstić information content (AvgIpc) is 2.66. The quantitative estimate of drug-likeness (QED) is 0.584. The van der Waals surface area contributed by atoms with Crippen LogP contribution in [0.25, 0.3) is 0 Å². The van der Waals surface area contributed by atoms with E-state index in [1.54, 1.807) is 11.8 Å². The van der Waals surface area contributed by atoms with Gasteiger partial charge in [-0.25, -0.2) is 9.79 Å². The summed E-state index contributed by atoms with van der Waals surface area (Å²) in [5.74, 6) is 0.193. The molecule has 0 saturated carbocycles. The predicted octanol–water partition coefficient (Wildman–Crippen LogP) is 2.74. The number of carbonyl (C=O) groups is 1. The van der Waals surface area contributed by atoms with Crippen LogP contribution in [-0.2, 0) is 17.5 Å². The molecular formula is C18H25F3N4O3. The van der Waals surface area contributed by atoms with Crippen molar-refractivity contribution in [1.29, 1.82) is 0 Å². The maximum absolute atomic E-state index is 13.2. The molecule has 0 spiro atoms. The van der Waals surface area contributed by atoms with Gasteiger partial charge in [0.25, 0.3) is 0 Å². The number of alkyl halides is 3. The third kappa shape index (κ3) is 5.93. The highest BCUT2D eigenvalue weighted by Crippen LogP contribution is 2.34. The summed E-state index contributed by atoms with van der Waals surface area (Å²) in [6, 6.07) is 3.72. The van der Waals surface area contributed by atoms with Crippen LogP contribution in [0.2, 0.25) is 0 Å². The lowest BCUT2D eigenvalue weighted by Crippen LogP contribution is -2.48. The van der Waals surface area contributed by atoms with Gasteiger partial charge in [0, 0.05) is 19.1 Å². The number of hydrogen-bond acceptors (Lipinski definition) is 4. The Labute approximate surface area is 161 Å². The summed E-state index contributed by atoms with van der Waals surface area (Å²) >= 11 is 0. The molecule has 1 aromatic carbocycles. The zero-order valence-electron chi connectivity index (χ0n) is 15.9. The highest BCUT2D eigenvalue weighted by Gasteiger charge is 2.33. The van der Waals surface area contributed by atoms with E-state index in [0.29, 0.717) is 32.5 Å². The Morgan fingerprint density at radius 3 is 2.61 bits per heavy atom. The maximum atomic E-state index is 13.2. The molecule has 0 aliphatic carbocycles. The number of nitrogens with zero attached hydrogens (tertiary/aromatic N) is 2. The van der Waals surface area contributed by atoms with Crippen molar-refractivity contribution in [2.45, 2.75) is 38.5 Å². The predicted molar refractivity (Wildman–Crippen MR) is 98.1 cm³/mol. The molecule has 0 aromatic heterocycles. The number of aliphatic imine (C=N–C) groups is 1. The number of nitrogens with two attached hydrogens (primary N) is 1. The molecule has 0 atom stereocenters. The SMILES string of the molecule is CCOC(=O)N1CCC(NC(N)=NCc2ccc(OC)cc2C(F)(F)F)CC1. The van der Waals surface area contributed by atoms with Gasteiger partial charge in [0.15, 0.2) is 5.96 Å². The minimum absolute atomic E-state index is 0.00706. The number of benzene rings is 1. The van der Waals surface area contributed by atoms with E-state index in [4.69, 9.17) is 15.2 Å². The van der Waals surface area contributed by atoms with Crippen LogP contribution in [0.3, 0.4) is 0 Å². The van der Waals surface area contributed by atoms with E-state index in [-0.39, 0.29) is 36.0 Å². The number of amides is 1. The number of ether oxygens (including phenoxy) is 2. The van der Waals surface area contributed by atoms with Crippen LogP contribution in [0, 0.1) is 0 Å². The Morgan fingerprint density at radius 2 is 2.04 bits per heavy atom. The molecule has 1 heterocycles. The molecule has 3 N–H and O–H groups in total. The molecule has 156 valence electrons. The minimum Gasteiger partial charge on any atom is -0.497 e. The molecule has 0 unspecified atom stereocenters. The number of carbonyl (C=O) groups excluding carboxylic acids is 1. The van der Waals surface area contributed by atoms with Crippen LogP contribution >= 0.6 is 0 Å². The van der Waals surface area contributed by atoms with Crippen molar-refractivity contribution in [2.75, 3.05) is 26.8 Å². The molecule has 1 aliphatic heterocycles. The molecule has 0 bridgehead atoms. The lowest BCUT2D eigenvalue weighted by Gasteiger charge is -2.31. The Kier molecular flexibility index (Phi) is 7.36. The number of piperidine rings is 1.